The van der Waals surface area contributed by atoms with Gasteiger partial charge in [0.15, 0.2) is 0 Å². The first-order valence-corrected chi connectivity index (χ1v) is 7.03. The van der Waals surface area contributed by atoms with Crippen molar-refractivity contribution in [3.8, 4) is 0 Å². The molecule has 0 saturated carbocycles. The SMILES string of the molecule is CC(NCc1ccc(C(C)C(=O)O)cc1)c1cccnc1. The van der Waals surface area contributed by atoms with Gasteiger partial charge in [-0.2, -0.15) is 0 Å². The maximum atomic E-state index is 10.9. The molecule has 1 heterocycles. The third kappa shape index (κ3) is 4.13. The first kappa shape index (κ1) is 15.2. The van der Waals surface area contributed by atoms with Crippen molar-refractivity contribution in [2.24, 2.45) is 0 Å². The van der Waals surface area contributed by atoms with Crippen molar-refractivity contribution in [3.63, 3.8) is 0 Å². The fraction of sp³-hybridized carbons (Fsp3) is 0.294. The van der Waals surface area contributed by atoms with Crippen molar-refractivity contribution in [1.29, 1.82) is 0 Å². The highest BCUT2D eigenvalue weighted by molar-refractivity contribution is 5.75. The summed E-state index contributed by atoms with van der Waals surface area (Å²) in [7, 11) is 0. The number of aliphatic carboxylic acids is 1. The smallest absolute Gasteiger partial charge is 0.310 e. The van der Waals surface area contributed by atoms with Gasteiger partial charge in [0.1, 0.15) is 0 Å². The zero-order chi connectivity index (χ0) is 15.2. The molecule has 0 bridgehead atoms. The average molecular weight is 284 g/mol. The van der Waals surface area contributed by atoms with Crippen LogP contribution in [0.3, 0.4) is 0 Å². The number of hydrogen-bond acceptors (Lipinski definition) is 3. The molecule has 0 aliphatic carbocycles. The van der Waals surface area contributed by atoms with Gasteiger partial charge >= 0.3 is 5.97 Å². The number of aromatic nitrogens is 1. The number of nitrogens with zero attached hydrogens (tertiary/aromatic N) is 1. The van der Waals surface area contributed by atoms with Gasteiger partial charge in [-0.25, -0.2) is 0 Å². The summed E-state index contributed by atoms with van der Waals surface area (Å²) in [6.45, 7) is 4.52. The quantitative estimate of drug-likeness (QED) is 0.855. The number of rotatable bonds is 6. The van der Waals surface area contributed by atoms with Crippen LogP contribution in [0, 0.1) is 0 Å². The van der Waals surface area contributed by atoms with Crippen LogP contribution in [0.15, 0.2) is 48.8 Å². The number of carboxylic acids is 1. The second kappa shape index (κ2) is 6.99. The van der Waals surface area contributed by atoms with E-state index in [9.17, 15) is 4.79 Å². The lowest BCUT2D eigenvalue weighted by Gasteiger charge is -2.14. The van der Waals surface area contributed by atoms with Gasteiger partial charge in [-0.15, -0.1) is 0 Å². The summed E-state index contributed by atoms with van der Waals surface area (Å²) in [6, 6.07) is 11.9. The predicted molar refractivity (Wildman–Crippen MR) is 82.0 cm³/mol. The topological polar surface area (TPSA) is 62.2 Å². The van der Waals surface area contributed by atoms with Gasteiger partial charge in [-0.1, -0.05) is 30.3 Å². The van der Waals surface area contributed by atoms with Crippen LogP contribution in [0.1, 0.15) is 42.5 Å². The molecule has 2 unspecified atom stereocenters. The van der Waals surface area contributed by atoms with Gasteiger partial charge in [0.2, 0.25) is 0 Å². The molecule has 110 valence electrons. The Morgan fingerprint density at radius 2 is 1.90 bits per heavy atom. The second-order valence-corrected chi connectivity index (χ2v) is 5.19. The standard InChI is InChI=1S/C17H20N2O2/c1-12(17(20)21)15-7-5-14(6-8-15)10-19-13(2)16-4-3-9-18-11-16/h3-9,11-13,19H,10H2,1-2H3,(H,20,21). The van der Waals surface area contributed by atoms with Gasteiger partial charge in [-0.05, 0) is 36.6 Å². The lowest BCUT2D eigenvalue weighted by molar-refractivity contribution is -0.138. The molecular weight excluding hydrogens is 264 g/mol. The molecule has 4 nitrogen and oxygen atoms in total. The van der Waals surface area contributed by atoms with E-state index in [4.69, 9.17) is 5.11 Å². The highest BCUT2D eigenvalue weighted by atomic mass is 16.4. The summed E-state index contributed by atoms with van der Waals surface area (Å²) in [5, 5.41) is 12.4. The molecular formula is C17H20N2O2. The number of carboxylic acid groups (broad SMARTS) is 1. The van der Waals surface area contributed by atoms with Crippen LogP contribution in [0.4, 0.5) is 0 Å². The first-order valence-electron chi connectivity index (χ1n) is 7.03. The van der Waals surface area contributed by atoms with Crippen molar-refractivity contribution in [2.45, 2.75) is 32.4 Å². The highest BCUT2D eigenvalue weighted by Crippen LogP contribution is 2.17. The molecule has 0 aliphatic heterocycles. The molecule has 0 saturated heterocycles. The van der Waals surface area contributed by atoms with Gasteiger partial charge in [0, 0.05) is 25.0 Å². The van der Waals surface area contributed by atoms with Crippen LogP contribution < -0.4 is 5.32 Å². The van der Waals surface area contributed by atoms with Crippen molar-refractivity contribution in [1.82, 2.24) is 10.3 Å². The van der Waals surface area contributed by atoms with Crippen LogP contribution in [-0.4, -0.2) is 16.1 Å². The molecule has 21 heavy (non-hydrogen) atoms. The van der Waals surface area contributed by atoms with E-state index in [0.29, 0.717) is 0 Å². The molecule has 0 fully saturated rings. The summed E-state index contributed by atoms with van der Waals surface area (Å²) >= 11 is 0. The Balaban J connectivity index is 1.93. The van der Waals surface area contributed by atoms with E-state index in [1.54, 1.807) is 13.1 Å². The van der Waals surface area contributed by atoms with E-state index >= 15 is 0 Å². The Labute approximate surface area is 124 Å². The van der Waals surface area contributed by atoms with Crippen LogP contribution >= 0.6 is 0 Å². The molecule has 1 aromatic carbocycles. The summed E-state index contributed by atoms with van der Waals surface area (Å²) < 4.78 is 0. The molecule has 0 spiro atoms. The summed E-state index contributed by atoms with van der Waals surface area (Å²) in [4.78, 5) is 15.1. The second-order valence-electron chi connectivity index (χ2n) is 5.19. The third-order valence-electron chi connectivity index (χ3n) is 3.65. The molecule has 2 atom stereocenters. The first-order chi connectivity index (χ1) is 10.1. The number of carbonyl (C=O) groups is 1. The van der Waals surface area contributed by atoms with Crippen LogP contribution in [0.5, 0.6) is 0 Å². The normalized spacial score (nSPS) is 13.6. The minimum atomic E-state index is -0.800. The van der Waals surface area contributed by atoms with E-state index in [2.05, 4.69) is 17.2 Å². The number of nitrogens with one attached hydrogen (secondary N) is 1. The maximum Gasteiger partial charge on any atom is 0.310 e. The number of benzene rings is 1. The van der Waals surface area contributed by atoms with E-state index < -0.39 is 11.9 Å². The Morgan fingerprint density at radius 1 is 1.19 bits per heavy atom. The zero-order valence-electron chi connectivity index (χ0n) is 12.3. The van der Waals surface area contributed by atoms with E-state index in [1.165, 1.54) is 0 Å². The number of pyridine rings is 1. The van der Waals surface area contributed by atoms with Crippen molar-refractivity contribution in [2.75, 3.05) is 0 Å². The molecule has 4 heteroatoms. The number of hydrogen-bond donors (Lipinski definition) is 2. The summed E-state index contributed by atoms with van der Waals surface area (Å²) in [5.74, 6) is -1.27. The Morgan fingerprint density at radius 3 is 2.48 bits per heavy atom. The molecule has 2 aromatic rings. The lowest BCUT2D eigenvalue weighted by atomic mass is 10.00. The van der Waals surface area contributed by atoms with Gasteiger partial charge < -0.3 is 10.4 Å². The largest absolute Gasteiger partial charge is 0.481 e. The Kier molecular flexibility index (Phi) is 5.06. The minimum Gasteiger partial charge on any atom is -0.481 e. The average Bonchev–Trinajstić information content (AvgIpc) is 2.53. The molecule has 0 aliphatic rings. The fourth-order valence-electron chi connectivity index (χ4n) is 2.09. The van der Waals surface area contributed by atoms with Crippen LogP contribution in [0.25, 0.3) is 0 Å². The molecule has 1 aromatic heterocycles. The molecule has 2 rings (SSSR count). The predicted octanol–water partition coefficient (Wildman–Crippen LogP) is 3.12. The third-order valence-corrected chi connectivity index (χ3v) is 3.65. The van der Waals surface area contributed by atoms with E-state index in [1.807, 2.05) is 42.6 Å². The highest BCUT2D eigenvalue weighted by Gasteiger charge is 2.13. The summed E-state index contributed by atoms with van der Waals surface area (Å²) in [5.41, 5.74) is 3.10. The maximum absolute atomic E-state index is 10.9. The van der Waals surface area contributed by atoms with Gasteiger partial charge in [0.25, 0.3) is 0 Å². The Hall–Kier alpha value is -2.20. The molecule has 0 radical (unpaired) electrons. The molecule has 0 amide bonds. The zero-order valence-corrected chi connectivity index (χ0v) is 12.3. The monoisotopic (exact) mass is 284 g/mol. The fourth-order valence-corrected chi connectivity index (χ4v) is 2.09. The Bertz CT molecular complexity index is 581. The van der Waals surface area contributed by atoms with Crippen LogP contribution in [0.2, 0.25) is 0 Å². The summed E-state index contributed by atoms with van der Waals surface area (Å²) in [6.07, 6.45) is 3.62. The minimum absolute atomic E-state index is 0.219. The van der Waals surface area contributed by atoms with Crippen molar-refractivity contribution >= 4 is 5.97 Å². The van der Waals surface area contributed by atoms with E-state index in [0.717, 1.165) is 23.2 Å². The van der Waals surface area contributed by atoms with Crippen LogP contribution in [-0.2, 0) is 11.3 Å². The van der Waals surface area contributed by atoms with E-state index in [-0.39, 0.29) is 6.04 Å². The van der Waals surface area contributed by atoms with Crippen molar-refractivity contribution < 1.29 is 9.90 Å². The lowest BCUT2D eigenvalue weighted by Crippen LogP contribution is -2.18. The van der Waals surface area contributed by atoms with Gasteiger partial charge in [0.05, 0.1) is 5.92 Å². The van der Waals surface area contributed by atoms with Gasteiger partial charge in [-0.3, -0.25) is 9.78 Å². The molecule has 2 N–H and O–H groups in total. The van der Waals surface area contributed by atoms with Crippen molar-refractivity contribution in [3.05, 3.63) is 65.5 Å².